The second-order valence-corrected chi connectivity index (χ2v) is 12.9. The van der Waals surface area contributed by atoms with Crippen LogP contribution in [0.15, 0.2) is 60.9 Å². The Morgan fingerprint density at radius 2 is 1.50 bits per heavy atom. The molecule has 3 aliphatic rings. The Kier molecular flexibility index (Phi) is 7.09. The number of nitrogens with zero attached hydrogens (tertiary/aromatic N) is 6. The van der Waals surface area contributed by atoms with Crippen LogP contribution in [0.2, 0.25) is 0 Å². The Morgan fingerprint density at radius 3 is 2.19 bits per heavy atom. The van der Waals surface area contributed by atoms with Gasteiger partial charge in [0.25, 0.3) is 5.91 Å². The third kappa shape index (κ3) is 4.72. The summed E-state index contributed by atoms with van der Waals surface area (Å²) in [5, 5.41) is 0. The number of para-hydroxylation sites is 2. The number of hydrogen-bond acceptors (Lipinski definition) is 5. The van der Waals surface area contributed by atoms with Crippen LogP contribution in [0.25, 0.3) is 11.0 Å². The van der Waals surface area contributed by atoms with E-state index in [4.69, 9.17) is 4.98 Å². The average Bonchev–Trinajstić information content (AvgIpc) is 3.47. The number of aryl methyl sites for hydroxylation is 3. The minimum absolute atomic E-state index is 0.0784. The molecule has 0 N–H and O–H groups in total. The topological polar surface area (TPSA) is 67.2 Å². The second kappa shape index (κ2) is 10.9. The number of carbonyl (C=O) groups excluding carboxylic acids is 1. The maximum Gasteiger partial charge on any atom is 0.257 e. The van der Waals surface area contributed by atoms with Gasteiger partial charge in [0, 0.05) is 31.2 Å². The molecular formula is C35H42N6O. The summed E-state index contributed by atoms with van der Waals surface area (Å²) in [4.78, 5) is 31.9. The summed E-state index contributed by atoms with van der Waals surface area (Å²) in [6.07, 6.45) is 9.66. The van der Waals surface area contributed by atoms with E-state index in [1.807, 2.05) is 18.7 Å². The maximum absolute atomic E-state index is 13.6. The van der Waals surface area contributed by atoms with Crippen LogP contribution in [-0.2, 0) is 5.41 Å². The summed E-state index contributed by atoms with van der Waals surface area (Å²) < 4.78 is 2.53. The van der Waals surface area contributed by atoms with Gasteiger partial charge in [-0.3, -0.25) is 9.69 Å². The van der Waals surface area contributed by atoms with Gasteiger partial charge in [-0.1, -0.05) is 42.5 Å². The number of hydrogen-bond donors (Lipinski definition) is 0. The first-order valence-electron chi connectivity index (χ1n) is 15.8. The van der Waals surface area contributed by atoms with Crippen molar-refractivity contribution in [2.75, 3.05) is 19.6 Å². The van der Waals surface area contributed by atoms with Crippen molar-refractivity contribution in [3.63, 3.8) is 0 Å². The molecule has 42 heavy (non-hydrogen) atoms. The predicted octanol–water partition coefficient (Wildman–Crippen LogP) is 6.18. The Labute approximate surface area is 249 Å². The normalized spacial score (nSPS) is 23.9. The molecule has 0 aliphatic carbocycles. The highest BCUT2D eigenvalue weighted by Crippen LogP contribution is 2.45. The number of fused-ring (bicyclic) bond motifs is 3. The maximum atomic E-state index is 13.6. The smallest absolute Gasteiger partial charge is 0.257 e. The van der Waals surface area contributed by atoms with E-state index in [1.165, 1.54) is 36.8 Å². The highest BCUT2D eigenvalue weighted by Gasteiger charge is 2.44. The van der Waals surface area contributed by atoms with E-state index in [0.717, 1.165) is 61.6 Å². The molecule has 0 radical (unpaired) electrons. The van der Waals surface area contributed by atoms with Crippen LogP contribution < -0.4 is 0 Å². The summed E-state index contributed by atoms with van der Waals surface area (Å²) >= 11 is 0. The average molecular weight is 563 g/mol. The molecular weight excluding hydrogens is 520 g/mol. The molecule has 4 aromatic rings. The van der Waals surface area contributed by atoms with Crippen LogP contribution >= 0.6 is 0 Å². The molecule has 0 saturated carbocycles. The van der Waals surface area contributed by atoms with E-state index in [0.29, 0.717) is 23.7 Å². The molecule has 3 atom stereocenters. The van der Waals surface area contributed by atoms with Gasteiger partial charge in [0.15, 0.2) is 0 Å². The Bertz CT molecular complexity index is 1550. The van der Waals surface area contributed by atoms with Crippen molar-refractivity contribution in [2.24, 2.45) is 0 Å². The zero-order chi connectivity index (χ0) is 28.8. The van der Waals surface area contributed by atoms with Crippen molar-refractivity contribution in [2.45, 2.75) is 89.3 Å². The van der Waals surface area contributed by atoms with Gasteiger partial charge in [-0.2, -0.15) is 0 Å². The van der Waals surface area contributed by atoms with E-state index < -0.39 is 0 Å². The molecule has 7 heteroatoms. The summed E-state index contributed by atoms with van der Waals surface area (Å²) in [7, 11) is 0. The number of aromatic nitrogens is 4. The molecule has 5 heterocycles. The monoisotopic (exact) mass is 562 g/mol. The number of benzene rings is 2. The quantitative estimate of drug-likeness (QED) is 0.281. The third-order valence-corrected chi connectivity index (χ3v) is 10.7. The number of amides is 1. The van der Waals surface area contributed by atoms with Crippen molar-refractivity contribution in [1.82, 2.24) is 29.3 Å². The minimum atomic E-state index is 0.0784. The zero-order valence-corrected chi connectivity index (χ0v) is 25.2. The van der Waals surface area contributed by atoms with E-state index in [9.17, 15) is 4.79 Å². The molecule has 1 unspecified atom stereocenters. The molecule has 2 bridgehead atoms. The largest absolute Gasteiger partial charge is 0.338 e. The van der Waals surface area contributed by atoms with Gasteiger partial charge in [0.1, 0.15) is 12.2 Å². The molecule has 3 aliphatic heterocycles. The third-order valence-electron chi connectivity index (χ3n) is 10.7. The van der Waals surface area contributed by atoms with Crippen LogP contribution in [0.3, 0.4) is 0 Å². The molecule has 0 spiro atoms. The number of piperidine rings is 2. The Hall–Kier alpha value is -3.58. The number of imidazole rings is 1. The van der Waals surface area contributed by atoms with Crippen molar-refractivity contribution < 1.29 is 4.79 Å². The van der Waals surface area contributed by atoms with Gasteiger partial charge >= 0.3 is 0 Å². The fourth-order valence-electron chi connectivity index (χ4n) is 8.46. The lowest BCUT2D eigenvalue weighted by Gasteiger charge is -2.45. The molecule has 2 aromatic carbocycles. The van der Waals surface area contributed by atoms with E-state index in [-0.39, 0.29) is 11.3 Å². The van der Waals surface area contributed by atoms with Crippen LogP contribution in [0, 0.1) is 20.8 Å². The molecule has 3 fully saturated rings. The van der Waals surface area contributed by atoms with E-state index in [2.05, 4.69) is 81.0 Å². The van der Waals surface area contributed by atoms with Gasteiger partial charge in [-0.15, -0.1) is 0 Å². The standard InChI is InChI=1S/C35H42N6O/c1-24-33(25(2)37-23-36-24)34(42)39-18-15-35(16-19-39,27-9-5-4-6-10-27)17-20-40-28-13-14-29(40)22-30(21-28)41-26(3)38-31-11-7-8-12-32(31)41/h4-12,23,28-30H,13-22H2,1-3H3/t28-,29+,30?. The molecule has 2 aromatic heterocycles. The molecule has 7 nitrogen and oxygen atoms in total. The Morgan fingerprint density at radius 1 is 0.857 bits per heavy atom. The molecule has 1 amide bonds. The first-order chi connectivity index (χ1) is 20.4. The summed E-state index contributed by atoms with van der Waals surface area (Å²) in [5.74, 6) is 1.22. The molecule has 7 rings (SSSR count). The molecule has 218 valence electrons. The highest BCUT2D eigenvalue weighted by molar-refractivity contribution is 5.96. The van der Waals surface area contributed by atoms with Crippen LogP contribution in [-0.4, -0.2) is 66.9 Å². The Balaban J connectivity index is 1.07. The van der Waals surface area contributed by atoms with E-state index >= 15 is 0 Å². The number of likely N-dealkylation sites (tertiary alicyclic amines) is 1. The second-order valence-electron chi connectivity index (χ2n) is 12.9. The van der Waals surface area contributed by atoms with E-state index in [1.54, 1.807) is 6.33 Å². The van der Waals surface area contributed by atoms with Gasteiger partial charge in [-0.25, -0.2) is 15.0 Å². The zero-order valence-electron chi connectivity index (χ0n) is 25.2. The van der Waals surface area contributed by atoms with Gasteiger partial charge < -0.3 is 9.47 Å². The number of carbonyl (C=O) groups is 1. The first-order valence-corrected chi connectivity index (χ1v) is 15.8. The summed E-state index contributed by atoms with van der Waals surface area (Å²) in [5.41, 5.74) is 6.12. The lowest BCUT2D eigenvalue weighted by Crippen LogP contribution is -2.49. The van der Waals surface area contributed by atoms with Crippen LogP contribution in [0.4, 0.5) is 0 Å². The fraction of sp³-hybridized carbons (Fsp3) is 0.486. The minimum Gasteiger partial charge on any atom is -0.338 e. The van der Waals surface area contributed by atoms with Gasteiger partial charge in [0.2, 0.25) is 0 Å². The van der Waals surface area contributed by atoms with Crippen molar-refractivity contribution >= 4 is 16.9 Å². The SMILES string of the molecule is Cc1ncnc(C)c1C(=O)N1CCC(CCN2[C@@H]3CC[C@H]2CC(n2c(C)nc4ccccc42)C3)(c2ccccc2)CC1. The lowest BCUT2D eigenvalue weighted by molar-refractivity contribution is 0.0605. The highest BCUT2D eigenvalue weighted by atomic mass is 16.2. The summed E-state index contributed by atoms with van der Waals surface area (Å²) in [6, 6.07) is 21.5. The van der Waals surface area contributed by atoms with Gasteiger partial charge in [0.05, 0.1) is 28.0 Å². The van der Waals surface area contributed by atoms with Crippen LogP contribution in [0.1, 0.15) is 84.1 Å². The lowest BCUT2D eigenvalue weighted by atomic mass is 9.70. The van der Waals surface area contributed by atoms with Crippen molar-refractivity contribution in [1.29, 1.82) is 0 Å². The summed E-state index contributed by atoms with van der Waals surface area (Å²) in [6.45, 7) is 8.65. The first kappa shape index (κ1) is 27.3. The van der Waals surface area contributed by atoms with Crippen molar-refractivity contribution in [3.8, 4) is 0 Å². The predicted molar refractivity (Wildman–Crippen MR) is 166 cm³/mol. The van der Waals surface area contributed by atoms with Crippen molar-refractivity contribution in [3.05, 3.63) is 89.3 Å². The number of rotatable bonds is 6. The fourth-order valence-corrected chi connectivity index (χ4v) is 8.46. The molecule has 3 saturated heterocycles. The van der Waals surface area contributed by atoms with Crippen LogP contribution in [0.5, 0.6) is 0 Å². The van der Waals surface area contributed by atoms with Gasteiger partial charge in [-0.05, 0) is 95.4 Å².